The number of halogens is 2. The van der Waals surface area contributed by atoms with Gasteiger partial charge in [0.25, 0.3) is 5.91 Å². The van der Waals surface area contributed by atoms with E-state index in [9.17, 15) is 24.0 Å². The summed E-state index contributed by atoms with van der Waals surface area (Å²) in [4.78, 5) is 65.9. The molecule has 0 radical (unpaired) electrons. The van der Waals surface area contributed by atoms with Crippen molar-refractivity contribution in [3.63, 3.8) is 0 Å². The molecule has 1 heterocycles. The summed E-state index contributed by atoms with van der Waals surface area (Å²) in [7, 11) is 0. The van der Waals surface area contributed by atoms with Crippen LogP contribution >= 0.6 is 23.2 Å². The highest BCUT2D eigenvalue weighted by atomic mass is 35.5. The van der Waals surface area contributed by atoms with Gasteiger partial charge < -0.3 is 20.9 Å². The molecule has 1 saturated heterocycles. The van der Waals surface area contributed by atoms with Gasteiger partial charge in [-0.2, -0.15) is 0 Å². The van der Waals surface area contributed by atoms with E-state index in [0.717, 1.165) is 32.1 Å². The fraction of sp³-hybridized carbons (Fsp3) is 0.654. The van der Waals surface area contributed by atoms with Crippen LogP contribution in [0.5, 0.6) is 0 Å². The fourth-order valence-corrected chi connectivity index (χ4v) is 6.43. The molecule has 0 bridgehead atoms. The van der Waals surface area contributed by atoms with Crippen LogP contribution in [0.4, 0.5) is 0 Å². The van der Waals surface area contributed by atoms with Crippen molar-refractivity contribution < 1.29 is 24.0 Å². The fourth-order valence-electron chi connectivity index (χ4n) is 5.60. The molecule has 3 rings (SSSR count). The maximum absolute atomic E-state index is 13.8. The largest absolute Gasteiger partial charge is 0.346 e. The molecular formula is C26H36Cl2N4O5. The molecule has 3 N–H and O–H groups in total. The Labute approximate surface area is 227 Å². The molecule has 4 amide bonds. The van der Waals surface area contributed by atoms with Crippen LogP contribution in [0.15, 0.2) is 25.3 Å². The zero-order valence-electron chi connectivity index (χ0n) is 21.1. The summed E-state index contributed by atoms with van der Waals surface area (Å²) < 4.78 is -1.17. The molecule has 3 fully saturated rings. The second kappa shape index (κ2) is 12.4. The number of rotatable bonds is 12. The van der Waals surface area contributed by atoms with Crippen molar-refractivity contribution >= 4 is 52.6 Å². The highest BCUT2D eigenvalue weighted by molar-refractivity contribution is 6.51. The number of ketones is 1. The van der Waals surface area contributed by atoms with Gasteiger partial charge >= 0.3 is 0 Å². The number of allylic oxidation sites excluding steroid dienone is 1. The SMILES string of the molecule is C=CCCC(NC(=O)[C@@H]1[C@@H]2[C@H](CN1C(=O)[C@@H](NC(C)=O)C1CCCCC1)C2(Cl)Cl)C(=O)C(=O)NCC=C. The van der Waals surface area contributed by atoms with Gasteiger partial charge in [0.2, 0.25) is 23.5 Å². The first kappa shape index (κ1) is 29.2. The number of carbonyl (C=O) groups excluding carboxylic acids is 5. The third kappa shape index (κ3) is 6.55. The predicted octanol–water partition coefficient (Wildman–Crippen LogP) is 2.02. The van der Waals surface area contributed by atoms with Crippen LogP contribution in [0.25, 0.3) is 0 Å². The van der Waals surface area contributed by atoms with Crippen LogP contribution in [0.3, 0.4) is 0 Å². The number of hydrogen-bond acceptors (Lipinski definition) is 5. The molecule has 0 spiro atoms. The molecular weight excluding hydrogens is 519 g/mol. The molecule has 9 nitrogen and oxygen atoms in total. The zero-order chi connectivity index (χ0) is 27.3. The number of alkyl halides is 2. The molecule has 1 aliphatic heterocycles. The minimum absolute atomic E-state index is 0.0296. The van der Waals surface area contributed by atoms with Gasteiger partial charge in [0.15, 0.2) is 0 Å². The molecule has 3 aliphatic rings. The Morgan fingerprint density at radius 2 is 1.73 bits per heavy atom. The molecule has 0 aromatic rings. The van der Waals surface area contributed by atoms with Crippen LogP contribution in [-0.2, 0) is 24.0 Å². The molecule has 37 heavy (non-hydrogen) atoms. The highest BCUT2D eigenvalue weighted by Gasteiger charge is 2.74. The maximum Gasteiger partial charge on any atom is 0.289 e. The summed E-state index contributed by atoms with van der Waals surface area (Å²) in [6.07, 6.45) is 8.20. The third-order valence-corrected chi connectivity index (χ3v) is 8.62. The van der Waals surface area contributed by atoms with E-state index in [1.54, 1.807) is 6.08 Å². The summed E-state index contributed by atoms with van der Waals surface area (Å²) in [5.74, 6) is -3.78. The van der Waals surface area contributed by atoms with Gasteiger partial charge in [-0.1, -0.05) is 31.4 Å². The lowest BCUT2D eigenvalue weighted by Crippen LogP contribution is -2.59. The number of likely N-dealkylation sites (tertiary alicyclic amines) is 1. The predicted molar refractivity (Wildman–Crippen MR) is 141 cm³/mol. The monoisotopic (exact) mass is 554 g/mol. The van der Waals surface area contributed by atoms with E-state index in [4.69, 9.17) is 23.2 Å². The van der Waals surface area contributed by atoms with Gasteiger partial charge in [-0.25, -0.2) is 0 Å². The lowest BCUT2D eigenvalue weighted by molar-refractivity contribution is -0.145. The van der Waals surface area contributed by atoms with Crippen molar-refractivity contribution in [2.45, 2.75) is 74.3 Å². The molecule has 1 unspecified atom stereocenters. The number of carbonyl (C=O) groups is 5. The van der Waals surface area contributed by atoms with Crippen molar-refractivity contribution in [3.05, 3.63) is 25.3 Å². The molecule has 11 heteroatoms. The zero-order valence-corrected chi connectivity index (χ0v) is 22.7. The number of fused-ring (bicyclic) bond motifs is 1. The van der Waals surface area contributed by atoms with E-state index in [0.29, 0.717) is 6.42 Å². The quantitative estimate of drug-likeness (QED) is 0.193. The topological polar surface area (TPSA) is 125 Å². The molecule has 2 aliphatic carbocycles. The van der Waals surface area contributed by atoms with Gasteiger partial charge in [-0.05, 0) is 31.6 Å². The van der Waals surface area contributed by atoms with E-state index >= 15 is 0 Å². The average Bonchev–Trinajstić information content (AvgIpc) is 3.19. The Morgan fingerprint density at radius 3 is 2.32 bits per heavy atom. The van der Waals surface area contributed by atoms with E-state index in [2.05, 4.69) is 29.1 Å². The molecule has 204 valence electrons. The summed E-state index contributed by atoms with van der Waals surface area (Å²) in [6, 6.07) is -2.90. The number of amides is 4. The smallest absolute Gasteiger partial charge is 0.289 e. The second-order valence-electron chi connectivity index (χ2n) is 10.1. The van der Waals surface area contributed by atoms with E-state index in [-0.39, 0.29) is 43.2 Å². The van der Waals surface area contributed by atoms with Crippen LogP contribution in [-0.4, -0.2) is 69.9 Å². The molecule has 0 aromatic heterocycles. The van der Waals surface area contributed by atoms with Crippen LogP contribution in [0, 0.1) is 17.8 Å². The molecule has 0 aromatic carbocycles. The second-order valence-corrected chi connectivity index (χ2v) is 11.6. The minimum atomic E-state index is -1.17. The van der Waals surface area contributed by atoms with Crippen molar-refractivity contribution in [3.8, 4) is 0 Å². The number of piperidine rings is 1. The van der Waals surface area contributed by atoms with Crippen LogP contribution < -0.4 is 16.0 Å². The first-order valence-corrected chi connectivity index (χ1v) is 13.6. The maximum atomic E-state index is 13.8. The van der Waals surface area contributed by atoms with Crippen LogP contribution in [0.2, 0.25) is 0 Å². The Morgan fingerprint density at radius 1 is 1.05 bits per heavy atom. The van der Waals surface area contributed by atoms with E-state index in [1.165, 1.54) is 17.9 Å². The number of hydrogen-bond donors (Lipinski definition) is 3. The van der Waals surface area contributed by atoms with Crippen molar-refractivity contribution in [2.24, 2.45) is 17.8 Å². The summed E-state index contributed by atoms with van der Waals surface area (Å²) in [6.45, 7) is 8.79. The van der Waals surface area contributed by atoms with Crippen LogP contribution in [0.1, 0.15) is 51.9 Å². The Balaban J connectivity index is 1.82. The van der Waals surface area contributed by atoms with Gasteiger partial charge in [0.1, 0.15) is 16.4 Å². The number of Topliss-reactive ketones (excluding diaryl/α,β-unsaturated/α-hetero) is 1. The minimum Gasteiger partial charge on any atom is -0.346 e. The average molecular weight is 556 g/mol. The normalized spacial score (nSPS) is 25.7. The van der Waals surface area contributed by atoms with Crippen molar-refractivity contribution in [1.29, 1.82) is 0 Å². The number of nitrogens with one attached hydrogen (secondary N) is 3. The lowest BCUT2D eigenvalue weighted by Gasteiger charge is -2.36. The standard InChI is InChI=1S/C26H36Cl2N4O5/c1-4-6-12-18(22(34)24(36)29-13-5-2)31-23(35)21-19-17(26(19,27)28)14-32(21)25(37)20(30-15(3)33)16-10-8-7-9-11-16/h4-5,16-21H,1-2,6-14H2,3H3,(H,29,36)(H,30,33)(H,31,35)/t17-,18?,19-,20-,21-/m0/s1. The molecule has 5 atom stereocenters. The Kier molecular flexibility index (Phi) is 9.80. The van der Waals surface area contributed by atoms with Gasteiger partial charge in [-0.3, -0.25) is 24.0 Å². The van der Waals surface area contributed by atoms with Gasteiger partial charge in [-0.15, -0.1) is 36.4 Å². The Hall–Kier alpha value is -2.39. The number of nitrogens with zero attached hydrogens (tertiary/aromatic N) is 1. The molecule has 2 saturated carbocycles. The first-order chi connectivity index (χ1) is 17.5. The summed E-state index contributed by atoms with van der Waals surface area (Å²) in [5, 5.41) is 7.90. The summed E-state index contributed by atoms with van der Waals surface area (Å²) >= 11 is 12.9. The van der Waals surface area contributed by atoms with Gasteiger partial charge in [0.05, 0.1) is 6.04 Å². The van der Waals surface area contributed by atoms with E-state index in [1.807, 2.05) is 0 Å². The van der Waals surface area contributed by atoms with Gasteiger partial charge in [0, 0.05) is 31.8 Å². The summed E-state index contributed by atoms with van der Waals surface area (Å²) in [5.41, 5.74) is 0. The Bertz CT molecular complexity index is 949. The van der Waals surface area contributed by atoms with Crippen molar-refractivity contribution in [1.82, 2.24) is 20.9 Å². The first-order valence-electron chi connectivity index (χ1n) is 12.8. The van der Waals surface area contributed by atoms with E-state index < -0.39 is 46.0 Å². The lowest BCUT2D eigenvalue weighted by atomic mass is 9.83. The highest BCUT2D eigenvalue weighted by Crippen LogP contribution is 2.65. The van der Waals surface area contributed by atoms with Crippen molar-refractivity contribution in [2.75, 3.05) is 13.1 Å². The third-order valence-electron chi connectivity index (χ3n) is 7.55.